The van der Waals surface area contributed by atoms with Gasteiger partial charge in [-0.2, -0.15) is 0 Å². The van der Waals surface area contributed by atoms with Crippen LogP contribution in [0.2, 0.25) is 5.02 Å². The monoisotopic (exact) mass is 418 g/mol. The number of halogens is 1. The number of carbonyl (C=O) groups excluding carboxylic acids is 1. The second-order valence-electron chi connectivity index (χ2n) is 7.32. The van der Waals surface area contributed by atoms with Crippen LogP contribution in [0.15, 0.2) is 66.9 Å². The summed E-state index contributed by atoms with van der Waals surface area (Å²) in [6.07, 6.45) is 3.52. The summed E-state index contributed by atoms with van der Waals surface area (Å²) in [7, 11) is 0. The van der Waals surface area contributed by atoms with Gasteiger partial charge in [-0.1, -0.05) is 48.4 Å². The number of benzene rings is 2. The van der Waals surface area contributed by atoms with Gasteiger partial charge in [-0.25, -0.2) is 4.98 Å². The second kappa shape index (κ2) is 8.72. The molecule has 152 valence electrons. The van der Waals surface area contributed by atoms with Crippen molar-refractivity contribution < 1.29 is 9.53 Å². The van der Waals surface area contributed by atoms with Gasteiger partial charge in [-0.05, 0) is 61.7 Å². The maximum Gasteiger partial charge on any atom is 0.181 e. The Bertz CT molecular complexity index is 1180. The van der Waals surface area contributed by atoms with Gasteiger partial charge in [0.25, 0.3) is 0 Å². The van der Waals surface area contributed by atoms with Crippen molar-refractivity contribution in [3.63, 3.8) is 0 Å². The van der Waals surface area contributed by atoms with Crippen LogP contribution in [-0.4, -0.2) is 15.2 Å². The van der Waals surface area contributed by atoms with Crippen molar-refractivity contribution in [2.24, 2.45) is 0 Å². The lowest BCUT2D eigenvalue weighted by Gasteiger charge is -2.08. The SMILES string of the molecule is CCc1nc2ccc(Cl)cn2c1C(=O)CCc1ccc(Oc2ccc(C)cc2)cc1. The van der Waals surface area contributed by atoms with Crippen molar-refractivity contribution in [3.05, 3.63) is 94.4 Å². The molecule has 0 atom stereocenters. The van der Waals surface area contributed by atoms with Crippen LogP contribution in [0.5, 0.6) is 11.5 Å². The Morgan fingerprint density at radius 2 is 1.67 bits per heavy atom. The van der Waals surface area contributed by atoms with Gasteiger partial charge in [-0.15, -0.1) is 0 Å². The van der Waals surface area contributed by atoms with E-state index in [0.29, 0.717) is 30.0 Å². The molecule has 0 unspecified atom stereocenters. The van der Waals surface area contributed by atoms with E-state index in [2.05, 4.69) is 4.98 Å². The molecule has 5 heteroatoms. The number of rotatable bonds is 7. The highest BCUT2D eigenvalue weighted by molar-refractivity contribution is 6.30. The van der Waals surface area contributed by atoms with Gasteiger partial charge in [0.2, 0.25) is 0 Å². The van der Waals surface area contributed by atoms with Gasteiger partial charge in [0.05, 0.1) is 10.7 Å². The first-order chi connectivity index (χ1) is 14.5. The van der Waals surface area contributed by atoms with Crippen LogP contribution < -0.4 is 4.74 Å². The zero-order valence-corrected chi connectivity index (χ0v) is 17.8. The lowest BCUT2D eigenvalue weighted by atomic mass is 10.0. The number of aryl methyl sites for hydroxylation is 3. The number of imidazole rings is 1. The zero-order valence-electron chi connectivity index (χ0n) is 17.1. The number of ketones is 1. The fraction of sp³-hybridized carbons (Fsp3) is 0.200. The molecule has 4 aromatic rings. The standard InChI is InChI=1S/C25H23ClN2O2/c1-3-22-25(28-16-19(26)9-15-24(28)27-22)23(29)14-8-18-6-12-21(13-7-18)30-20-10-4-17(2)5-11-20/h4-7,9-13,15-16H,3,8,14H2,1-2H3. The molecule has 0 N–H and O–H groups in total. The summed E-state index contributed by atoms with van der Waals surface area (Å²) in [5, 5.41) is 0.584. The van der Waals surface area contributed by atoms with Crippen molar-refractivity contribution >= 4 is 23.0 Å². The fourth-order valence-electron chi connectivity index (χ4n) is 3.45. The highest BCUT2D eigenvalue weighted by Gasteiger charge is 2.18. The predicted octanol–water partition coefficient (Wildman–Crippen LogP) is 6.47. The van der Waals surface area contributed by atoms with Gasteiger partial charge in [-0.3, -0.25) is 9.20 Å². The van der Waals surface area contributed by atoms with E-state index in [0.717, 1.165) is 28.4 Å². The van der Waals surface area contributed by atoms with E-state index in [1.165, 1.54) is 5.56 Å². The van der Waals surface area contributed by atoms with E-state index in [1.54, 1.807) is 12.3 Å². The Morgan fingerprint density at radius 1 is 1.00 bits per heavy atom. The molecule has 4 rings (SSSR count). The van der Waals surface area contributed by atoms with Crippen LogP contribution in [-0.2, 0) is 12.8 Å². The third kappa shape index (κ3) is 4.39. The van der Waals surface area contributed by atoms with E-state index in [4.69, 9.17) is 16.3 Å². The summed E-state index contributed by atoms with van der Waals surface area (Å²) in [6.45, 7) is 4.05. The third-order valence-electron chi connectivity index (χ3n) is 5.07. The summed E-state index contributed by atoms with van der Waals surface area (Å²) in [6, 6.07) is 19.5. The largest absolute Gasteiger partial charge is 0.457 e. The first kappa shape index (κ1) is 20.2. The minimum Gasteiger partial charge on any atom is -0.457 e. The Morgan fingerprint density at radius 3 is 2.33 bits per heavy atom. The van der Waals surface area contributed by atoms with E-state index in [-0.39, 0.29) is 5.78 Å². The quantitative estimate of drug-likeness (QED) is 0.323. The van der Waals surface area contributed by atoms with Crippen LogP contribution in [0.1, 0.15) is 40.7 Å². The number of pyridine rings is 1. The molecule has 0 amide bonds. The van der Waals surface area contributed by atoms with Gasteiger partial charge >= 0.3 is 0 Å². The molecule has 2 aromatic heterocycles. The van der Waals surface area contributed by atoms with Crippen molar-refractivity contribution in [1.29, 1.82) is 0 Å². The minimum absolute atomic E-state index is 0.0709. The van der Waals surface area contributed by atoms with Crippen LogP contribution in [0.4, 0.5) is 0 Å². The summed E-state index contributed by atoms with van der Waals surface area (Å²) >= 11 is 6.13. The molecule has 0 saturated carbocycles. The molecule has 2 aromatic carbocycles. The number of nitrogens with zero attached hydrogens (tertiary/aromatic N) is 2. The molecular weight excluding hydrogens is 396 g/mol. The number of hydrogen-bond donors (Lipinski definition) is 0. The normalized spacial score (nSPS) is 11.0. The average molecular weight is 419 g/mol. The van der Waals surface area contributed by atoms with E-state index < -0.39 is 0 Å². The smallest absolute Gasteiger partial charge is 0.181 e. The summed E-state index contributed by atoms with van der Waals surface area (Å²) in [5.74, 6) is 1.65. The molecule has 0 bridgehead atoms. The number of Topliss-reactive ketones (excluding diaryl/α,β-unsaturated/α-hetero) is 1. The maximum atomic E-state index is 13.0. The van der Waals surface area contributed by atoms with E-state index in [1.807, 2.05) is 72.8 Å². The molecule has 0 radical (unpaired) electrons. The van der Waals surface area contributed by atoms with Crippen LogP contribution in [0.3, 0.4) is 0 Å². The van der Waals surface area contributed by atoms with Crippen LogP contribution >= 0.6 is 11.6 Å². The van der Waals surface area contributed by atoms with Gasteiger partial charge in [0, 0.05) is 12.6 Å². The molecule has 0 spiro atoms. The Balaban J connectivity index is 1.44. The number of hydrogen-bond acceptors (Lipinski definition) is 3. The fourth-order valence-corrected chi connectivity index (χ4v) is 3.61. The maximum absolute atomic E-state index is 13.0. The van der Waals surface area contributed by atoms with Crippen molar-refractivity contribution in [1.82, 2.24) is 9.38 Å². The van der Waals surface area contributed by atoms with Gasteiger partial charge < -0.3 is 4.74 Å². The lowest BCUT2D eigenvalue weighted by molar-refractivity contribution is 0.0976. The van der Waals surface area contributed by atoms with Gasteiger partial charge in [0.15, 0.2) is 5.78 Å². The molecule has 0 aliphatic heterocycles. The number of aromatic nitrogens is 2. The molecule has 0 saturated heterocycles. The number of ether oxygens (including phenoxy) is 1. The first-order valence-corrected chi connectivity index (χ1v) is 10.4. The zero-order chi connectivity index (χ0) is 21.1. The van der Waals surface area contributed by atoms with E-state index in [9.17, 15) is 4.79 Å². The first-order valence-electron chi connectivity index (χ1n) is 10.1. The minimum atomic E-state index is 0.0709. The van der Waals surface area contributed by atoms with Crippen molar-refractivity contribution in [3.8, 4) is 11.5 Å². The Labute approximate surface area is 181 Å². The molecule has 30 heavy (non-hydrogen) atoms. The Kier molecular flexibility index (Phi) is 5.86. The highest BCUT2D eigenvalue weighted by atomic mass is 35.5. The van der Waals surface area contributed by atoms with Crippen molar-refractivity contribution in [2.45, 2.75) is 33.1 Å². The topological polar surface area (TPSA) is 43.6 Å². The molecule has 0 aliphatic rings. The van der Waals surface area contributed by atoms with Crippen LogP contribution in [0, 0.1) is 6.92 Å². The number of fused-ring (bicyclic) bond motifs is 1. The molecule has 0 aliphatic carbocycles. The highest BCUT2D eigenvalue weighted by Crippen LogP contribution is 2.23. The lowest BCUT2D eigenvalue weighted by Crippen LogP contribution is -2.08. The predicted molar refractivity (Wildman–Crippen MR) is 120 cm³/mol. The average Bonchev–Trinajstić information content (AvgIpc) is 3.12. The molecule has 2 heterocycles. The summed E-state index contributed by atoms with van der Waals surface area (Å²) in [4.78, 5) is 17.6. The summed E-state index contributed by atoms with van der Waals surface area (Å²) in [5.41, 5.74) is 4.47. The van der Waals surface area contributed by atoms with E-state index >= 15 is 0 Å². The summed E-state index contributed by atoms with van der Waals surface area (Å²) < 4.78 is 7.68. The molecule has 0 fully saturated rings. The van der Waals surface area contributed by atoms with Crippen molar-refractivity contribution in [2.75, 3.05) is 0 Å². The Hall–Kier alpha value is -3.11. The molecular formula is C25H23ClN2O2. The second-order valence-corrected chi connectivity index (χ2v) is 7.75. The third-order valence-corrected chi connectivity index (χ3v) is 5.30. The van der Waals surface area contributed by atoms with Crippen LogP contribution in [0.25, 0.3) is 5.65 Å². The number of carbonyl (C=O) groups is 1. The molecule has 4 nitrogen and oxygen atoms in total. The van der Waals surface area contributed by atoms with Gasteiger partial charge in [0.1, 0.15) is 22.8 Å².